The van der Waals surface area contributed by atoms with Gasteiger partial charge < -0.3 is 22.8 Å². The van der Waals surface area contributed by atoms with Gasteiger partial charge in [0.15, 0.2) is 0 Å². The standard InChI is InChI=1S/C14H18BF3NO4/c1-8-10(15(16,17)18)6-9(12(20)21)7-11(8)19(5)13(22)23-14(2,3)4/h6-7H,1-5H3,(H,20,21)/q-1. The highest BCUT2D eigenvalue weighted by atomic mass is 19.4. The number of carboxylic acids is 1. The Morgan fingerprint density at radius 1 is 1.22 bits per heavy atom. The Hall–Kier alpha value is -2.19. The highest BCUT2D eigenvalue weighted by Crippen LogP contribution is 2.25. The van der Waals surface area contributed by atoms with Crippen molar-refractivity contribution in [2.24, 2.45) is 0 Å². The second-order valence-electron chi connectivity index (χ2n) is 6.13. The van der Waals surface area contributed by atoms with Crippen molar-refractivity contribution in [3.8, 4) is 0 Å². The average Bonchev–Trinajstić information content (AvgIpc) is 2.34. The quantitative estimate of drug-likeness (QED) is 0.864. The Labute approximate surface area is 132 Å². The number of nitrogens with zero attached hydrogens (tertiary/aromatic N) is 1. The Morgan fingerprint density at radius 3 is 2.13 bits per heavy atom. The van der Waals surface area contributed by atoms with Crippen LogP contribution in [-0.4, -0.2) is 36.8 Å². The normalized spacial score (nSPS) is 12.0. The molecule has 0 unspecified atom stereocenters. The van der Waals surface area contributed by atoms with Crippen molar-refractivity contribution in [3.05, 3.63) is 23.3 Å². The molecule has 0 saturated carbocycles. The maximum atomic E-state index is 13.1. The summed E-state index contributed by atoms with van der Waals surface area (Å²) >= 11 is 0. The fraction of sp³-hybridized carbons (Fsp3) is 0.429. The van der Waals surface area contributed by atoms with Gasteiger partial charge in [0, 0.05) is 12.7 Å². The zero-order valence-electron chi connectivity index (χ0n) is 13.5. The van der Waals surface area contributed by atoms with Crippen molar-refractivity contribution in [1.29, 1.82) is 0 Å². The molecule has 1 rings (SSSR count). The number of carbonyl (C=O) groups is 2. The first-order valence-electron chi connectivity index (χ1n) is 6.78. The number of hydrogen-bond donors (Lipinski definition) is 1. The van der Waals surface area contributed by atoms with Crippen LogP contribution in [0.25, 0.3) is 0 Å². The van der Waals surface area contributed by atoms with Gasteiger partial charge in [0.1, 0.15) is 5.60 Å². The van der Waals surface area contributed by atoms with Crippen molar-refractivity contribution in [1.82, 2.24) is 0 Å². The number of halogens is 3. The molecule has 0 fully saturated rings. The Balaban J connectivity index is 3.43. The molecule has 23 heavy (non-hydrogen) atoms. The molecule has 0 saturated heterocycles. The van der Waals surface area contributed by atoms with Crippen LogP contribution in [0.2, 0.25) is 0 Å². The van der Waals surface area contributed by atoms with Crippen LogP contribution in [0.4, 0.5) is 23.4 Å². The number of benzene rings is 1. The monoisotopic (exact) mass is 332 g/mol. The van der Waals surface area contributed by atoms with Crippen LogP contribution < -0.4 is 10.4 Å². The molecule has 0 aliphatic carbocycles. The van der Waals surface area contributed by atoms with Gasteiger partial charge in [-0.15, -0.1) is 5.46 Å². The summed E-state index contributed by atoms with van der Waals surface area (Å²) < 4.78 is 44.5. The highest BCUT2D eigenvalue weighted by Gasteiger charge is 2.31. The van der Waals surface area contributed by atoms with Crippen LogP contribution in [0.15, 0.2) is 12.1 Å². The molecule has 0 heterocycles. The lowest BCUT2D eigenvalue weighted by Crippen LogP contribution is -2.40. The molecule has 0 spiro atoms. The third-order valence-corrected chi connectivity index (χ3v) is 3.05. The molecular weight excluding hydrogens is 314 g/mol. The SMILES string of the molecule is Cc1c(N(C)C(=O)OC(C)(C)C)cc(C(=O)O)cc1[B-](F)(F)F. The van der Waals surface area contributed by atoms with Gasteiger partial charge in [-0.05, 0) is 33.8 Å². The van der Waals surface area contributed by atoms with Crippen molar-refractivity contribution in [3.63, 3.8) is 0 Å². The van der Waals surface area contributed by atoms with Gasteiger partial charge in [-0.1, -0.05) is 11.6 Å². The largest absolute Gasteiger partial charge is 0.509 e. The van der Waals surface area contributed by atoms with Crippen LogP contribution in [-0.2, 0) is 4.74 Å². The summed E-state index contributed by atoms with van der Waals surface area (Å²) in [5.41, 5.74) is -2.81. The van der Waals surface area contributed by atoms with E-state index in [9.17, 15) is 22.5 Å². The van der Waals surface area contributed by atoms with Crippen LogP contribution >= 0.6 is 0 Å². The molecule has 128 valence electrons. The molecule has 0 aliphatic rings. The van der Waals surface area contributed by atoms with Gasteiger partial charge >= 0.3 is 19.0 Å². The highest BCUT2D eigenvalue weighted by molar-refractivity contribution is 6.74. The minimum Gasteiger partial charge on any atom is -0.478 e. The third-order valence-electron chi connectivity index (χ3n) is 3.05. The molecule has 1 aromatic rings. The first-order valence-corrected chi connectivity index (χ1v) is 6.78. The fourth-order valence-electron chi connectivity index (χ4n) is 1.96. The summed E-state index contributed by atoms with van der Waals surface area (Å²) in [5, 5.41) is 9.00. The zero-order chi connectivity index (χ0) is 18.2. The topological polar surface area (TPSA) is 66.8 Å². The van der Waals surface area contributed by atoms with Gasteiger partial charge in [0.05, 0.1) is 5.56 Å². The summed E-state index contributed by atoms with van der Waals surface area (Å²) in [6.45, 7) is 0.610. The number of carbonyl (C=O) groups excluding carboxylic acids is 1. The summed E-state index contributed by atoms with van der Waals surface area (Å²) in [4.78, 5) is 24.0. The van der Waals surface area contributed by atoms with Crippen molar-refractivity contribution in [2.45, 2.75) is 33.3 Å². The summed E-state index contributed by atoms with van der Waals surface area (Å²) in [5.74, 6) is -1.51. The lowest BCUT2D eigenvalue weighted by Gasteiger charge is -2.28. The summed E-state index contributed by atoms with van der Waals surface area (Å²) in [7, 11) is 1.23. The number of carboxylic acid groups (broad SMARTS) is 1. The van der Waals surface area contributed by atoms with E-state index in [0.29, 0.717) is 6.07 Å². The van der Waals surface area contributed by atoms with E-state index in [2.05, 4.69) is 0 Å². The minimum atomic E-state index is -5.42. The molecule has 1 aromatic carbocycles. The minimum absolute atomic E-state index is 0.159. The lowest BCUT2D eigenvalue weighted by atomic mass is 9.75. The zero-order valence-corrected chi connectivity index (χ0v) is 13.5. The van der Waals surface area contributed by atoms with Gasteiger partial charge in [-0.3, -0.25) is 4.90 Å². The predicted octanol–water partition coefficient (Wildman–Crippen LogP) is 3.12. The van der Waals surface area contributed by atoms with E-state index in [-0.39, 0.29) is 11.3 Å². The van der Waals surface area contributed by atoms with Crippen LogP contribution in [0.1, 0.15) is 36.7 Å². The fourth-order valence-corrected chi connectivity index (χ4v) is 1.96. The number of aromatic carboxylic acids is 1. The molecule has 0 atom stereocenters. The Bertz CT molecular complexity index is 638. The second-order valence-corrected chi connectivity index (χ2v) is 6.13. The maximum Gasteiger partial charge on any atom is 0.509 e. The van der Waals surface area contributed by atoms with Gasteiger partial charge in [-0.25, -0.2) is 9.59 Å². The number of anilines is 1. The number of rotatable bonds is 3. The van der Waals surface area contributed by atoms with Crippen molar-refractivity contribution in [2.75, 3.05) is 11.9 Å². The molecule has 1 N–H and O–H groups in total. The van der Waals surface area contributed by atoms with Crippen LogP contribution in [0.5, 0.6) is 0 Å². The van der Waals surface area contributed by atoms with Crippen LogP contribution in [0.3, 0.4) is 0 Å². The summed E-state index contributed by atoms with van der Waals surface area (Å²) in [6, 6.07) is 1.59. The number of amides is 1. The first-order chi connectivity index (χ1) is 10.2. The van der Waals surface area contributed by atoms with E-state index < -0.39 is 35.7 Å². The maximum absolute atomic E-state index is 13.1. The molecule has 1 amide bonds. The lowest BCUT2D eigenvalue weighted by molar-refractivity contribution is 0.0587. The predicted molar refractivity (Wildman–Crippen MR) is 81.5 cm³/mol. The van der Waals surface area contributed by atoms with E-state index in [1.54, 1.807) is 20.8 Å². The number of hydrogen-bond acceptors (Lipinski definition) is 3. The van der Waals surface area contributed by atoms with E-state index in [4.69, 9.17) is 9.84 Å². The molecule has 5 nitrogen and oxygen atoms in total. The first kappa shape index (κ1) is 18.9. The van der Waals surface area contributed by atoms with E-state index >= 15 is 0 Å². The smallest absolute Gasteiger partial charge is 0.478 e. The second kappa shape index (κ2) is 6.13. The Kier molecular flexibility index (Phi) is 5.03. The molecule has 0 aliphatic heterocycles. The van der Waals surface area contributed by atoms with E-state index in [1.807, 2.05) is 0 Å². The molecule has 0 aromatic heterocycles. The van der Waals surface area contributed by atoms with Crippen molar-refractivity contribution < 1.29 is 32.4 Å². The van der Waals surface area contributed by atoms with Crippen molar-refractivity contribution >= 4 is 30.2 Å². The number of ether oxygens (including phenoxy) is 1. The van der Waals surface area contributed by atoms with E-state index in [0.717, 1.165) is 11.0 Å². The van der Waals surface area contributed by atoms with E-state index in [1.165, 1.54) is 14.0 Å². The average molecular weight is 332 g/mol. The Morgan fingerprint density at radius 2 is 1.74 bits per heavy atom. The third kappa shape index (κ3) is 4.64. The molecule has 9 heteroatoms. The van der Waals surface area contributed by atoms with Gasteiger partial charge in [-0.2, -0.15) is 0 Å². The van der Waals surface area contributed by atoms with Crippen LogP contribution in [0, 0.1) is 6.92 Å². The van der Waals surface area contributed by atoms with Gasteiger partial charge in [0.25, 0.3) is 0 Å². The summed E-state index contributed by atoms with van der Waals surface area (Å²) in [6.07, 6.45) is -0.872. The van der Waals surface area contributed by atoms with Gasteiger partial charge in [0.2, 0.25) is 0 Å². The molecular formula is C14H18BF3NO4-. The molecule has 0 radical (unpaired) electrons. The molecule has 0 bridgehead atoms.